The van der Waals surface area contributed by atoms with Crippen LogP contribution >= 0.6 is 11.6 Å². The van der Waals surface area contributed by atoms with Gasteiger partial charge in [-0.2, -0.15) is 5.10 Å². The van der Waals surface area contributed by atoms with Crippen LogP contribution in [-0.4, -0.2) is 32.7 Å². The van der Waals surface area contributed by atoms with Gasteiger partial charge in [0.05, 0.1) is 27.7 Å². The molecule has 0 aliphatic heterocycles. The lowest BCUT2D eigenvalue weighted by Gasteiger charge is -2.17. The van der Waals surface area contributed by atoms with E-state index < -0.39 is 22.9 Å². The van der Waals surface area contributed by atoms with Crippen LogP contribution in [0, 0.1) is 10.1 Å². The molecule has 0 aliphatic rings. The molecule has 0 saturated carbocycles. The highest BCUT2D eigenvalue weighted by molar-refractivity contribution is 6.33. The number of amides is 1. The van der Waals surface area contributed by atoms with Gasteiger partial charge in [0.1, 0.15) is 5.82 Å². The van der Waals surface area contributed by atoms with Gasteiger partial charge in [0.15, 0.2) is 6.10 Å². The van der Waals surface area contributed by atoms with Crippen LogP contribution in [0.4, 0.5) is 11.5 Å². The van der Waals surface area contributed by atoms with Gasteiger partial charge in [0, 0.05) is 18.2 Å². The maximum absolute atomic E-state index is 12.3. The second-order valence-corrected chi connectivity index (χ2v) is 6.28. The summed E-state index contributed by atoms with van der Waals surface area (Å²) in [5.74, 6) is -0.898. The van der Waals surface area contributed by atoms with Gasteiger partial charge in [-0.3, -0.25) is 14.9 Å². The van der Waals surface area contributed by atoms with Gasteiger partial charge in [-0.15, -0.1) is 0 Å². The van der Waals surface area contributed by atoms with E-state index >= 15 is 0 Å². The zero-order chi connectivity index (χ0) is 20.1. The molecule has 0 fully saturated rings. The molecule has 1 heterocycles. The Labute approximate surface area is 160 Å². The Morgan fingerprint density at radius 3 is 2.67 bits per heavy atom. The fourth-order valence-electron chi connectivity index (χ4n) is 2.23. The van der Waals surface area contributed by atoms with Crippen molar-refractivity contribution in [3.63, 3.8) is 0 Å². The van der Waals surface area contributed by atoms with Gasteiger partial charge in [-0.1, -0.05) is 18.5 Å². The number of ether oxygens (including phenoxy) is 1. The lowest BCUT2D eigenvalue weighted by atomic mass is 10.2. The Balaban J connectivity index is 2.05. The second-order valence-electron chi connectivity index (χ2n) is 5.88. The van der Waals surface area contributed by atoms with Crippen molar-refractivity contribution >= 4 is 35.0 Å². The minimum atomic E-state index is -1.11. The lowest BCUT2D eigenvalue weighted by molar-refractivity contribution is -0.384. The number of hydrogen-bond donors (Lipinski definition) is 1. The van der Waals surface area contributed by atoms with Crippen LogP contribution in [0.1, 0.15) is 43.6 Å². The quantitative estimate of drug-likeness (QED) is 0.435. The summed E-state index contributed by atoms with van der Waals surface area (Å²) >= 11 is 5.90. The Morgan fingerprint density at radius 1 is 1.37 bits per heavy atom. The minimum Gasteiger partial charge on any atom is -0.449 e. The highest BCUT2D eigenvalue weighted by atomic mass is 35.5. The van der Waals surface area contributed by atoms with Gasteiger partial charge in [-0.25, -0.2) is 9.48 Å². The molecule has 144 valence electrons. The summed E-state index contributed by atoms with van der Waals surface area (Å²) in [7, 11) is 0. The maximum atomic E-state index is 12.3. The Kier molecular flexibility index (Phi) is 6.51. The molecule has 0 spiro atoms. The summed E-state index contributed by atoms with van der Waals surface area (Å²) in [6, 6.07) is 5.11. The fourth-order valence-corrected chi connectivity index (χ4v) is 2.48. The molecule has 1 aromatic heterocycles. The van der Waals surface area contributed by atoms with Crippen molar-refractivity contribution in [2.75, 3.05) is 5.32 Å². The predicted octanol–water partition coefficient (Wildman–Crippen LogP) is 3.60. The van der Waals surface area contributed by atoms with Crippen molar-refractivity contribution in [2.24, 2.45) is 0 Å². The number of carbonyl (C=O) groups excluding carboxylic acids is 2. The van der Waals surface area contributed by atoms with Gasteiger partial charge >= 0.3 is 5.97 Å². The van der Waals surface area contributed by atoms with Gasteiger partial charge < -0.3 is 10.1 Å². The highest BCUT2D eigenvalue weighted by Gasteiger charge is 2.23. The number of nitrogens with zero attached hydrogens (tertiary/aromatic N) is 3. The number of anilines is 1. The van der Waals surface area contributed by atoms with Crippen LogP contribution in [-0.2, 0) is 9.53 Å². The second kappa shape index (κ2) is 8.63. The standard InChI is InChI=1S/C17H19ClN4O5/c1-4-10(2)21-15(7-8-19-21)20-16(23)11(3)27-17(24)13-6-5-12(22(25)26)9-14(13)18/h5-11H,4H2,1-3H3,(H,20,23)/t10-,11+/m0/s1. The van der Waals surface area contributed by atoms with Crippen LogP contribution in [0.15, 0.2) is 30.5 Å². The molecule has 1 amide bonds. The largest absolute Gasteiger partial charge is 0.449 e. The van der Waals surface area contributed by atoms with E-state index in [1.165, 1.54) is 13.0 Å². The lowest BCUT2D eigenvalue weighted by Crippen LogP contribution is -2.31. The van der Waals surface area contributed by atoms with Crippen LogP contribution < -0.4 is 5.32 Å². The van der Waals surface area contributed by atoms with E-state index in [2.05, 4.69) is 10.4 Å². The molecule has 27 heavy (non-hydrogen) atoms. The number of esters is 1. The van der Waals surface area contributed by atoms with E-state index in [1.807, 2.05) is 13.8 Å². The maximum Gasteiger partial charge on any atom is 0.340 e. The number of non-ortho nitro benzene ring substituents is 1. The summed E-state index contributed by atoms with van der Waals surface area (Å²) in [6.45, 7) is 5.37. The van der Waals surface area contributed by atoms with E-state index in [-0.39, 0.29) is 22.3 Å². The molecule has 0 aliphatic carbocycles. The first-order valence-corrected chi connectivity index (χ1v) is 8.61. The predicted molar refractivity (Wildman–Crippen MR) is 98.8 cm³/mol. The molecule has 1 N–H and O–H groups in total. The monoisotopic (exact) mass is 394 g/mol. The third-order valence-corrected chi connectivity index (χ3v) is 4.28. The van der Waals surface area contributed by atoms with E-state index in [1.54, 1.807) is 16.9 Å². The number of aromatic nitrogens is 2. The van der Waals surface area contributed by atoms with E-state index in [9.17, 15) is 19.7 Å². The van der Waals surface area contributed by atoms with Crippen molar-refractivity contribution < 1.29 is 19.2 Å². The number of nitro groups is 1. The Bertz CT molecular complexity index is 867. The molecule has 10 heteroatoms. The fraction of sp³-hybridized carbons (Fsp3) is 0.353. The summed E-state index contributed by atoms with van der Waals surface area (Å²) in [4.78, 5) is 34.6. The summed E-state index contributed by atoms with van der Waals surface area (Å²) in [5, 5.41) is 17.4. The first-order valence-electron chi connectivity index (χ1n) is 8.23. The van der Waals surface area contributed by atoms with Crippen molar-refractivity contribution in [3.05, 3.63) is 51.2 Å². The first-order chi connectivity index (χ1) is 12.7. The third kappa shape index (κ3) is 4.82. The summed E-state index contributed by atoms with van der Waals surface area (Å²) < 4.78 is 6.79. The Hall–Kier alpha value is -2.94. The smallest absolute Gasteiger partial charge is 0.340 e. The minimum absolute atomic E-state index is 0.0634. The molecule has 0 bridgehead atoms. The van der Waals surface area contributed by atoms with E-state index in [4.69, 9.17) is 16.3 Å². The summed E-state index contributed by atoms with van der Waals surface area (Å²) in [6.07, 6.45) is 1.28. The molecular formula is C17H19ClN4O5. The van der Waals surface area contributed by atoms with Crippen molar-refractivity contribution in [2.45, 2.75) is 39.3 Å². The number of halogens is 1. The van der Waals surface area contributed by atoms with Crippen molar-refractivity contribution in [1.29, 1.82) is 0 Å². The number of benzene rings is 1. The molecule has 0 unspecified atom stereocenters. The van der Waals surface area contributed by atoms with Gasteiger partial charge in [0.25, 0.3) is 11.6 Å². The number of hydrogen-bond acceptors (Lipinski definition) is 6. The van der Waals surface area contributed by atoms with Crippen LogP contribution in [0.2, 0.25) is 5.02 Å². The van der Waals surface area contributed by atoms with E-state index in [0.29, 0.717) is 5.82 Å². The number of nitrogens with one attached hydrogen (secondary N) is 1. The topological polar surface area (TPSA) is 116 Å². The zero-order valence-electron chi connectivity index (χ0n) is 15.0. The molecule has 2 rings (SSSR count). The van der Waals surface area contributed by atoms with Crippen molar-refractivity contribution in [3.8, 4) is 0 Å². The SMILES string of the molecule is CC[C@H](C)n1nccc1NC(=O)[C@@H](C)OC(=O)c1ccc([N+](=O)[O-])cc1Cl. The Morgan fingerprint density at radius 2 is 2.07 bits per heavy atom. The third-order valence-electron chi connectivity index (χ3n) is 3.97. The molecule has 0 radical (unpaired) electrons. The van der Waals surface area contributed by atoms with Gasteiger partial charge in [0.2, 0.25) is 0 Å². The molecule has 2 aromatic rings. The highest BCUT2D eigenvalue weighted by Crippen LogP contribution is 2.23. The van der Waals surface area contributed by atoms with Crippen LogP contribution in [0.5, 0.6) is 0 Å². The molecule has 0 saturated heterocycles. The average molecular weight is 395 g/mol. The normalized spacial score (nSPS) is 12.9. The molecule has 2 atom stereocenters. The van der Waals surface area contributed by atoms with Crippen LogP contribution in [0.3, 0.4) is 0 Å². The number of nitro benzene ring substituents is 1. The average Bonchev–Trinajstić information content (AvgIpc) is 3.08. The molecule has 9 nitrogen and oxygen atoms in total. The van der Waals surface area contributed by atoms with E-state index in [0.717, 1.165) is 18.6 Å². The zero-order valence-corrected chi connectivity index (χ0v) is 15.8. The first kappa shape index (κ1) is 20.4. The van der Waals surface area contributed by atoms with Gasteiger partial charge in [-0.05, 0) is 26.3 Å². The summed E-state index contributed by atoms with van der Waals surface area (Å²) in [5.41, 5.74) is -0.313. The van der Waals surface area contributed by atoms with Crippen molar-refractivity contribution in [1.82, 2.24) is 9.78 Å². The molecular weight excluding hydrogens is 376 g/mol. The number of rotatable bonds is 7. The number of carbonyl (C=O) groups is 2. The van der Waals surface area contributed by atoms with Crippen LogP contribution in [0.25, 0.3) is 0 Å². The molecule has 1 aromatic carbocycles.